The first kappa shape index (κ1) is 25.4. The monoisotopic (exact) mass is 524 g/mol. The Bertz CT molecular complexity index is 1460. The molecule has 38 heavy (non-hydrogen) atoms. The minimum Gasteiger partial charge on any atom is -0.466 e. The van der Waals surface area contributed by atoms with Crippen molar-refractivity contribution in [3.63, 3.8) is 0 Å². The van der Waals surface area contributed by atoms with Crippen LogP contribution >= 0.6 is 0 Å². The summed E-state index contributed by atoms with van der Waals surface area (Å²) < 4.78 is 45.0. The number of esters is 1. The predicted molar refractivity (Wildman–Crippen MR) is 132 cm³/mol. The summed E-state index contributed by atoms with van der Waals surface area (Å²) in [7, 11) is 0. The number of carbonyl (C=O) groups is 4. The Hall–Kier alpha value is -4.21. The van der Waals surface area contributed by atoms with Crippen LogP contribution in [0.3, 0.4) is 0 Å². The summed E-state index contributed by atoms with van der Waals surface area (Å²) in [5, 5.41) is 0.657. The molecule has 1 saturated heterocycles. The van der Waals surface area contributed by atoms with Crippen molar-refractivity contribution >= 4 is 40.2 Å². The molecule has 1 fully saturated rings. The number of amides is 3. The molecule has 0 unspecified atom stereocenters. The highest BCUT2D eigenvalue weighted by atomic mass is 19.4. The van der Waals surface area contributed by atoms with Crippen molar-refractivity contribution in [3.05, 3.63) is 76.9 Å². The zero-order chi connectivity index (χ0) is 27.2. The van der Waals surface area contributed by atoms with E-state index >= 15 is 0 Å². The molecule has 3 amide bonds. The lowest BCUT2D eigenvalue weighted by Gasteiger charge is -2.32. The van der Waals surface area contributed by atoms with Crippen LogP contribution in [-0.2, 0) is 15.7 Å². The molecule has 0 bridgehead atoms. The maximum Gasteiger partial charge on any atom is 0.416 e. The minimum absolute atomic E-state index is 0.104. The smallest absolute Gasteiger partial charge is 0.416 e. The molecule has 7 nitrogen and oxygen atoms in total. The van der Waals surface area contributed by atoms with E-state index in [1.807, 2.05) is 0 Å². The van der Waals surface area contributed by atoms with Gasteiger partial charge in [-0.3, -0.25) is 19.2 Å². The summed E-state index contributed by atoms with van der Waals surface area (Å²) in [5.74, 6) is -2.69. The van der Waals surface area contributed by atoms with Gasteiger partial charge in [-0.1, -0.05) is 18.2 Å². The molecule has 3 aromatic rings. The van der Waals surface area contributed by atoms with E-state index in [0.29, 0.717) is 24.8 Å². The van der Waals surface area contributed by atoms with Crippen molar-refractivity contribution in [3.8, 4) is 0 Å². The van der Waals surface area contributed by atoms with Crippen LogP contribution in [0.15, 0.2) is 54.6 Å². The molecule has 0 radical (unpaired) electrons. The van der Waals surface area contributed by atoms with E-state index in [1.165, 1.54) is 24.3 Å². The molecule has 1 atom stereocenters. The normalized spacial score (nSPS) is 17.6. The van der Waals surface area contributed by atoms with E-state index in [9.17, 15) is 32.3 Å². The molecule has 2 aliphatic heterocycles. The van der Waals surface area contributed by atoms with Crippen molar-refractivity contribution in [2.24, 2.45) is 5.92 Å². The Morgan fingerprint density at radius 2 is 1.71 bits per heavy atom. The summed E-state index contributed by atoms with van der Waals surface area (Å²) in [6.07, 6.45) is -3.41. The molecule has 3 aromatic carbocycles. The Morgan fingerprint density at radius 3 is 2.42 bits per heavy atom. The van der Waals surface area contributed by atoms with E-state index in [4.69, 9.17) is 4.74 Å². The number of ether oxygens (including phenoxy) is 1. The molecular weight excluding hydrogens is 501 g/mol. The summed E-state index contributed by atoms with van der Waals surface area (Å²) in [5.41, 5.74) is -0.707. The van der Waals surface area contributed by atoms with Gasteiger partial charge in [0.25, 0.3) is 17.7 Å². The average molecular weight is 524 g/mol. The molecule has 0 N–H and O–H groups in total. The fourth-order valence-corrected chi connectivity index (χ4v) is 5.12. The highest BCUT2D eigenvalue weighted by Gasteiger charge is 2.38. The number of nitrogens with zero attached hydrogens (tertiary/aromatic N) is 2. The van der Waals surface area contributed by atoms with E-state index in [2.05, 4.69) is 0 Å². The number of carbonyl (C=O) groups excluding carboxylic acids is 4. The second kappa shape index (κ2) is 9.59. The van der Waals surface area contributed by atoms with Gasteiger partial charge in [0.1, 0.15) is 0 Å². The quantitative estimate of drug-likeness (QED) is 0.351. The second-order valence-corrected chi connectivity index (χ2v) is 9.22. The van der Waals surface area contributed by atoms with Gasteiger partial charge in [-0.15, -0.1) is 0 Å². The lowest BCUT2D eigenvalue weighted by molar-refractivity contribution is -0.149. The molecule has 0 spiro atoms. The van der Waals surface area contributed by atoms with Crippen LogP contribution in [0.4, 0.5) is 18.9 Å². The van der Waals surface area contributed by atoms with Crippen molar-refractivity contribution in [2.45, 2.75) is 25.9 Å². The number of imide groups is 1. The first-order valence-electron chi connectivity index (χ1n) is 12.2. The largest absolute Gasteiger partial charge is 0.466 e. The topological polar surface area (TPSA) is 84.0 Å². The molecule has 2 aliphatic rings. The number of hydrogen-bond acceptors (Lipinski definition) is 5. The van der Waals surface area contributed by atoms with Crippen molar-refractivity contribution in [1.29, 1.82) is 0 Å². The van der Waals surface area contributed by atoms with Gasteiger partial charge in [0.15, 0.2) is 0 Å². The Morgan fingerprint density at radius 1 is 1.00 bits per heavy atom. The van der Waals surface area contributed by atoms with Gasteiger partial charge in [0.05, 0.1) is 23.8 Å². The lowest BCUT2D eigenvalue weighted by atomic mass is 9.90. The van der Waals surface area contributed by atoms with Gasteiger partial charge < -0.3 is 9.64 Å². The molecule has 0 aromatic heterocycles. The maximum absolute atomic E-state index is 13.5. The van der Waals surface area contributed by atoms with Gasteiger partial charge in [-0.05, 0) is 61.5 Å². The van der Waals surface area contributed by atoms with Crippen molar-refractivity contribution in [1.82, 2.24) is 4.90 Å². The maximum atomic E-state index is 13.5. The van der Waals surface area contributed by atoms with Crippen LogP contribution < -0.4 is 4.90 Å². The van der Waals surface area contributed by atoms with E-state index in [0.717, 1.165) is 23.1 Å². The van der Waals surface area contributed by atoms with Gasteiger partial charge in [-0.2, -0.15) is 13.2 Å². The molecule has 5 rings (SSSR count). The zero-order valence-corrected chi connectivity index (χ0v) is 20.4. The van der Waals surface area contributed by atoms with Crippen LogP contribution in [-0.4, -0.2) is 48.3 Å². The molecule has 0 aliphatic carbocycles. The molecule has 196 valence electrons. The van der Waals surface area contributed by atoms with Crippen LogP contribution in [0, 0.1) is 5.92 Å². The van der Waals surface area contributed by atoms with Gasteiger partial charge in [-0.25, -0.2) is 4.90 Å². The van der Waals surface area contributed by atoms with Crippen LogP contribution in [0.25, 0.3) is 10.8 Å². The third-order valence-electron chi connectivity index (χ3n) is 6.90. The number of rotatable bonds is 4. The Balaban J connectivity index is 1.53. The number of alkyl halides is 3. The fourth-order valence-electron chi connectivity index (χ4n) is 5.12. The number of hydrogen-bond donors (Lipinski definition) is 0. The molecule has 0 saturated carbocycles. The van der Waals surface area contributed by atoms with E-state index in [-0.39, 0.29) is 52.8 Å². The van der Waals surface area contributed by atoms with Crippen LogP contribution in [0.1, 0.15) is 56.4 Å². The first-order valence-corrected chi connectivity index (χ1v) is 12.2. The minimum atomic E-state index is -4.65. The zero-order valence-electron chi connectivity index (χ0n) is 20.4. The highest BCUT2D eigenvalue weighted by Crippen LogP contribution is 2.37. The SMILES string of the molecule is CCOC(=O)[C@@H]1CCCN(C(=O)c2ccc3c4c(cccc24)C(=O)N(c2cccc(C(F)(F)F)c2)C3=O)C1. The summed E-state index contributed by atoms with van der Waals surface area (Å²) >= 11 is 0. The number of piperidine rings is 1. The Labute approximate surface area is 215 Å². The molecular formula is C28H23F3N2O5. The number of halogens is 3. The van der Waals surface area contributed by atoms with Crippen molar-refractivity contribution < 1.29 is 37.1 Å². The summed E-state index contributed by atoms with van der Waals surface area (Å²) in [6.45, 7) is 2.61. The summed E-state index contributed by atoms with van der Waals surface area (Å²) in [4.78, 5) is 54.9. The average Bonchev–Trinajstić information content (AvgIpc) is 2.91. The second-order valence-electron chi connectivity index (χ2n) is 9.22. The predicted octanol–water partition coefficient (Wildman–Crippen LogP) is 5.07. The molecule has 10 heteroatoms. The molecule has 2 heterocycles. The standard InChI is InChI=1S/C28H23F3N2O5/c1-2-38-27(37)16-6-5-13-32(15-16)24(34)20-11-12-22-23-19(20)9-4-10-21(23)25(35)33(26(22)36)18-8-3-7-17(14-18)28(29,30)31/h3-4,7-12,14,16H,2,5-6,13,15H2,1H3/t16-/m1/s1. The lowest BCUT2D eigenvalue weighted by Crippen LogP contribution is -2.43. The van der Waals surface area contributed by atoms with E-state index < -0.39 is 29.5 Å². The third-order valence-corrected chi connectivity index (χ3v) is 6.90. The van der Waals surface area contributed by atoms with E-state index in [1.54, 1.807) is 24.0 Å². The van der Waals surface area contributed by atoms with Crippen molar-refractivity contribution in [2.75, 3.05) is 24.6 Å². The number of benzene rings is 3. The Kier molecular flexibility index (Phi) is 6.42. The number of anilines is 1. The van der Waals surface area contributed by atoms with Crippen LogP contribution in [0.2, 0.25) is 0 Å². The van der Waals surface area contributed by atoms with Crippen LogP contribution in [0.5, 0.6) is 0 Å². The summed E-state index contributed by atoms with van der Waals surface area (Å²) in [6, 6.07) is 11.6. The first-order chi connectivity index (χ1) is 18.1. The highest BCUT2D eigenvalue weighted by molar-refractivity contribution is 6.36. The van der Waals surface area contributed by atoms with Gasteiger partial charge >= 0.3 is 12.1 Å². The third kappa shape index (κ3) is 4.29. The van der Waals surface area contributed by atoms with Gasteiger partial charge in [0.2, 0.25) is 0 Å². The number of likely N-dealkylation sites (tertiary alicyclic amines) is 1. The fraction of sp³-hybridized carbons (Fsp3) is 0.286. The van der Waals surface area contributed by atoms with Gasteiger partial charge in [0, 0.05) is 35.2 Å².